The van der Waals surface area contributed by atoms with Crippen molar-refractivity contribution >= 4 is 0 Å². The molecule has 1 N–H and O–H groups in total. The molecule has 0 aromatic rings. The number of hydrogen-bond acceptors (Lipinski definition) is 3. The largest absolute Gasteiger partial charge is 0.311 e. The summed E-state index contributed by atoms with van der Waals surface area (Å²) in [5.74, 6) is 0.901. The second-order valence-electron chi connectivity index (χ2n) is 7.14. The van der Waals surface area contributed by atoms with E-state index in [1.165, 1.54) is 64.7 Å². The van der Waals surface area contributed by atoms with Crippen molar-refractivity contribution in [2.45, 2.75) is 63.6 Å². The fraction of sp³-hybridized carbons (Fsp3) is 1.00. The molecule has 2 saturated heterocycles. The average Bonchev–Trinajstić information content (AvgIpc) is 3.25. The third kappa shape index (κ3) is 3.71. The van der Waals surface area contributed by atoms with E-state index in [-0.39, 0.29) is 0 Å². The first-order valence-corrected chi connectivity index (χ1v) is 8.41. The molecule has 3 aliphatic rings. The third-order valence-corrected chi connectivity index (χ3v) is 5.56. The van der Waals surface area contributed by atoms with Gasteiger partial charge in [-0.05, 0) is 84.6 Å². The highest BCUT2D eigenvalue weighted by Gasteiger charge is 2.32. The maximum Gasteiger partial charge on any atom is 0.00964 e. The van der Waals surface area contributed by atoms with Gasteiger partial charge in [0.25, 0.3) is 0 Å². The Labute approximate surface area is 118 Å². The van der Waals surface area contributed by atoms with Crippen LogP contribution in [0.25, 0.3) is 0 Å². The quantitative estimate of drug-likeness (QED) is 0.838. The summed E-state index contributed by atoms with van der Waals surface area (Å²) in [5.41, 5.74) is 0. The zero-order chi connectivity index (χ0) is 13.2. The molecule has 3 fully saturated rings. The molecule has 0 bridgehead atoms. The number of rotatable bonds is 4. The van der Waals surface area contributed by atoms with Crippen LogP contribution in [0.1, 0.15) is 45.4 Å². The minimum Gasteiger partial charge on any atom is -0.311 e. The molecule has 2 heterocycles. The zero-order valence-corrected chi connectivity index (χ0v) is 12.8. The predicted octanol–water partition coefficient (Wildman–Crippen LogP) is 1.93. The molecule has 0 amide bonds. The van der Waals surface area contributed by atoms with Gasteiger partial charge in [0, 0.05) is 18.1 Å². The van der Waals surface area contributed by atoms with Crippen LogP contribution in [0.15, 0.2) is 0 Å². The van der Waals surface area contributed by atoms with Crippen LogP contribution in [0, 0.1) is 5.92 Å². The van der Waals surface area contributed by atoms with Gasteiger partial charge >= 0.3 is 0 Å². The fourth-order valence-electron chi connectivity index (χ4n) is 3.91. The average molecular weight is 265 g/mol. The third-order valence-electron chi connectivity index (χ3n) is 5.56. The van der Waals surface area contributed by atoms with Crippen molar-refractivity contribution in [1.29, 1.82) is 0 Å². The van der Waals surface area contributed by atoms with E-state index in [0.29, 0.717) is 6.04 Å². The highest BCUT2D eigenvalue weighted by molar-refractivity contribution is 4.90. The van der Waals surface area contributed by atoms with Gasteiger partial charge in [-0.3, -0.25) is 0 Å². The Morgan fingerprint density at radius 2 is 1.53 bits per heavy atom. The Morgan fingerprint density at radius 3 is 2.11 bits per heavy atom. The molecule has 2 aliphatic heterocycles. The second kappa shape index (κ2) is 6.11. The van der Waals surface area contributed by atoms with Crippen molar-refractivity contribution in [3.05, 3.63) is 0 Å². The van der Waals surface area contributed by atoms with Gasteiger partial charge in [0.1, 0.15) is 0 Å². The van der Waals surface area contributed by atoms with Crippen molar-refractivity contribution in [2.75, 3.05) is 33.2 Å². The van der Waals surface area contributed by atoms with Gasteiger partial charge in [-0.15, -0.1) is 0 Å². The molecule has 0 aromatic carbocycles. The number of likely N-dealkylation sites (tertiary alicyclic amines) is 2. The summed E-state index contributed by atoms with van der Waals surface area (Å²) in [4.78, 5) is 5.19. The minimum absolute atomic E-state index is 0.714. The Morgan fingerprint density at radius 1 is 0.895 bits per heavy atom. The maximum atomic E-state index is 3.94. The summed E-state index contributed by atoms with van der Waals surface area (Å²) in [6, 6.07) is 2.46. The number of hydrogen-bond donors (Lipinski definition) is 1. The lowest BCUT2D eigenvalue weighted by Gasteiger charge is -2.38. The lowest BCUT2D eigenvalue weighted by molar-refractivity contribution is 0.153. The van der Waals surface area contributed by atoms with E-state index in [9.17, 15) is 0 Å². The molecule has 1 saturated carbocycles. The van der Waals surface area contributed by atoms with Gasteiger partial charge in [0.05, 0.1) is 0 Å². The monoisotopic (exact) mass is 265 g/mol. The van der Waals surface area contributed by atoms with Gasteiger partial charge in [0.15, 0.2) is 0 Å². The molecule has 0 aromatic heterocycles. The van der Waals surface area contributed by atoms with E-state index in [1.54, 1.807) is 0 Å². The number of piperidine rings is 2. The molecule has 110 valence electrons. The first kappa shape index (κ1) is 13.8. The molecule has 1 aliphatic carbocycles. The summed E-state index contributed by atoms with van der Waals surface area (Å²) in [7, 11) is 2.25. The fourth-order valence-corrected chi connectivity index (χ4v) is 3.91. The molecule has 3 rings (SSSR count). The highest BCUT2D eigenvalue weighted by Crippen LogP contribution is 2.29. The van der Waals surface area contributed by atoms with Crippen LogP contribution < -0.4 is 5.32 Å². The smallest absolute Gasteiger partial charge is 0.00964 e. The first-order valence-electron chi connectivity index (χ1n) is 8.41. The van der Waals surface area contributed by atoms with Crippen LogP contribution in [0.2, 0.25) is 0 Å². The van der Waals surface area contributed by atoms with Gasteiger partial charge < -0.3 is 15.1 Å². The minimum atomic E-state index is 0.714. The highest BCUT2D eigenvalue weighted by atomic mass is 15.2. The summed E-state index contributed by atoms with van der Waals surface area (Å²) >= 11 is 0. The van der Waals surface area contributed by atoms with Gasteiger partial charge in [-0.1, -0.05) is 0 Å². The topological polar surface area (TPSA) is 18.5 Å². The van der Waals surface area contributed by atoms with Gasteiger partial charge in [-0.25, -0.2) is 0 Å². The molecule has 1 unspecified atom stereocenters. The van der Waals surface area contributed by atoms with Crippen molar-refractivity contribution in [3.63, 3.8) is 0 Å². The summed E-state index contributed by atoms with van der Waals surface area (Å²) < 4.78 is 0. The molecule has 1 atom stereocenters. The maximum absolute atomic E-state index is 3.94. The van der Waals surface area contributed by atoms with Crippen LogP contribution in [-0.4, -0.2) is 61.2 Å². The van der Waals surface area contributed by atoms with E-state index in [0.717, 1.165) is 18.0 Å². The van der Waals surface area contributed by atoms with Crippen LogP contribution in [0.3, 0.4) is 0 Å². The Hall–Kier alpha value is -0.120. The molecule has 0 spiro atoms. The molecular formula is C16H31N3. The lowest BCUT2D eigenvalue weighted by Crippen LogP contribution is -2.49. The standard InChI is InChI=1S/C16H31N3/c1-13(14-5-9-18(2)10-6-14)17-15-7-11-19(12-8-15)16-3-4-16/h13-17H,3-12H2,1-2H3. The molecule has 0 radical (unpaired) electrons. The normalized spacial score (nSPS) is 30.6. The van der Waals surface area contributed by atoms with Crippen molar-refractivity contribution in [1.82, 2.24) is 15.1 Å². The van der Waals surface area contributed by atoms with Crippen molar-refractivity contribution in [3.8, 4) is 0 Å². The molecule has 3 heteroatoms. The summed E-state index contributed by atoms with van der Waals surface area (Å²) in [5, 5.41) is 3.94. The number of nitrogens with one attached hydrogen (secondary N) is 1. The van der Waals surface area contributed by atoms with Crippen LogP contribution in [0.5, 0.6) is 0 Å². The van der Waals surface area contributed by atoms with Crippen LogP contribution in [0.4, 0.5) is 0 Å². The van der Waals surface area contributed by atoms with E-state index in [1.807, 2.05) is 0 Å². The van der Waals surface area contributed by atoms with E-state index in [2.05, 4.69) is 29.1 Å². The van der Waals surface area contributed by atoms with Crippen molar-refractivity contribution in [2.24, 2.45) is 5.92 Å². The van der Waals surface area contributed by atoms with E-state index < -0.39 is 0 Å². The van der Waals surface area contributed by atoms with E-state index >= 15 is 0 Å². The first-order chi connectivity index (χ1) is 9.22. The molecular weight excluding hydrogens is 234 g/mol. The van der Waals surface area contributed by atoms with Crippen molar-refractivity contribution < 1.29 is 0 Å². The van der Waals surface area contributed by atoms with Crippen LogP contribution in [-0.2, 0) is 0 Å². The van der Waals surface area contributed by atoms with E-state index in [4.69, 9.17) is 0 Å². The van der Waals surface area contributed by atoms with Gasteiger partial charge in [0.2, 0.25) is 0 Å². The Kier molecular flexibility index (Phi) is 4.45. The number of nitrogens with zero attached hydrogens (tertiary/aromatic N) is 2. The van der Waals surface area contributed by atoms with Crippen LogP contribution >= 0.6 is 0 Å². The van der Waals surface area contributed by atoms with Gasteiger partial charge in [-0.2, -0.15) is 0 Å². The Bertz CT molecular complexity index is 274. The Balaban J connectivity index is 1.38. The lowest BCUT2D eigenvalue weighted by atomic mass is 9.89. The predicted molar refractivity (Wildman–Crippen MR) is 80.4 cm³/mol. The summed E-state index contributed by atoms with van der Waals surface area (Å²) in [6.07, 6.45) is 8.42. The zero-order valence-electron chi connectivity index (χ0n) is 12.8. The SMILES string of the molecule is CC(NC1CCN(C2CC2)CC1)C1CCN(C)CC1. The molecule has 19 heavy (non-hydrogen) atoms. The second-order valence-corrected chi connectivity index (χ2v) is 7.14. The molecule has 3 nitrogen and oxygen atoms in total. The summed E-state index contributed by atoms with van der Waals surface area (Å²) in [6.45, 7) is 7.67.